The third kappa shape index (κ3) is 7.15. The van der Waals surface area contributed by atoms with Crippen molar-refractivity contribution in [3.63, 3.8) is 0 Å². The highest BCUT2D eigenvalue weighted by molar-refractivity contribution is 5.86. The van der Waals surface area contributed by atoms with Crippen LogP contribution in [0.5, 0.6) is 0 Å². The Morgan fingerprint density at radius 2 is 1.47 bits per heavy atom. The molecule has 2 saturated carbocycles. The molecule has 4 N–H and O–H groups in total. The second-order valence-corrected chi connectivity index (χ2v) is 15.6. The molecule has 3 amide bonds. The van der Waals surface area contributed by atoms with Crippen LogP contribution in [0.1, 0.15) is 75.4 Å². The number of hydrogen-bond donors (Lipinski definition) is 4. The van der Waals surface area contributed by atoms with E-state index in [1.54, 1.807) is 6.20 Å². The maximum absolute atomic E-state index is 13.5. The van der Waals surface area contributed by atoms with E-state index in [0.717, 1.165) is 83.2 Å². The van der Waals surface area contributed by atoms with E-state index in [4.69, 9.17) is 9.72 Å². The van der Waals surface area contributed by atoms with Crippen LogP contribution in [-0.4, -0.2) is 72.0 Å². The number of nitrogens with one attached hydrogen (secondary N) is 4. The van der Waals surface area contributed by atoms with Crippen molar-refractivity contribution in [3.8, 4) is 33.6 Å². The van der Waals surface area contributed by atoms with E-state index in [-0.39, 0.29) is 35.6 Å². The summed E-state index contributed by atoms with van der Waals surface area (Å²) in [6.45, 7) is 4.85. The number of amides is 3. The van der Waals surface area contributed by atoms with Crippen molar-refractivity contribution >= 4 is 17.9 Å². The number of aromatic nitrogens is 6. The summed E-state index contributed by atoms with van der Waals surface area (Å²) in [6, 6.07) is 15.9. The highest BCUT2D eigenvalue weighted by Gasteiger charge is 2.52. The third-order valence-corrected chi connectivity index (χ3v) is 12.0. The number of carbonyl (C=O) groups excluding carboxylic acids is 3. The van der Waals surface area contributed by atoms with Gasteiger partial charge in [-0.05, 0) is 72.1 Å². The summed E-state index contributed by atoms with van der Waals surface area (Å²) in [7, 11) is 3.24. The molecule has 2 aromatic carbocycles. The number of imidazole rings is 3. The van der Waals surface area contributed by atoms with Gasteiger partial charge < -0.3 is 34.8 Å². The fraction of sp³-hybridized carbons (Fsp3) is 0.429. The number of fused-ring (bicyclic) bond motifs is 2. The third-order valence-electron chi connectivity index (χ3n) is 12.0. The average molecular weight is 744 g/mol. The molecule has 13 nitrogen and oxygen atoms in total. The maximum Gasteiger partial charge on any atom is 0.407 e. The average Bonchev–Trinajstić information content (AvgIpc) is 4.06. The molecule has 8 rings (SSSR count). The van der Waals surface area contributed by atoms with Crippen LogP contribution in [0.3, 0.4) is 0 Å². The van der Waals surface area contributed by atoms with Gasteiger partial charge in [-0.15, -0.1) is 0 Å². The molecule has 1 aliphatic heterocycles. The van der Waals surface area contributed by atoms with Crippen molar-refractivity contribution in [1.82, 2.24) is 45.0 Å². The molecule has 2 aliphatic carbocycles. The molecular formula is C42H49N9O4. The normalized spacial score (nSPS) is 22.3. The van der Waals surface area contributed by atoms with Crippen molar-refractivity contribution in [1.29, 1.82) is 0 Å². The van der Waals surface area contributed by atoms with Crippen LogP contribution in [-0.2, 0) is 27.9 Å². The van der Waals surface area contributed by atoms with Crippen LogP contribution in [0, 0.1) is 23.7 Å². The number of methoxy groups -OCH3 is 1. The number of likely N-dealkylation sites (tertiary alicyclic amines) is 1. The summed E-state index contributed by atoms with van der Waals surface area (Å²) in [4.78, 5) is 61.8. The van der Waals surface area contributed by atoms with Gasteiger partial charge in [-0.3, -0.25) is 9.59 Å². The van der Waals surface area contributed by atoms with Crippen LogP contribution in [0.2, 0.25) is 0 Å². The van der Waals surface area contributed by atoms with E-state index in [1.807, 2.05) is 49.0 Å². The van der Waals surface area contributed by atoms with Gasteiger partial charge >= 0.3 is 6.09 Å². The predicted octanol–water partition coefficient (Wildman–Crippen LogP) is 6.36. The molecule has 1 saturated heterocycles. The first-order valence-corrected chi connectivity index (χ1v) is 19.4. The smallest absolute Gasteiger partial charge is 0.407 e. The lowest BCUT2D eigenvalue weighted by Gasteiger charge is -2.30. The first kappa shape index (κ1) is 36.3. The summed E-state index contributed by atoms with van der Waals surface area (Å²) in [5.41, 5.74) is 6.05. The van der Waals surface area contributed by atoms with Gasteiger partial charge in [0.1, 0.15) is 23.5 Å². The monoisotopic (exact) mass is 743 g/mol. The number of carbonyl (C=O) groups is 3. The molecule has 3 fully saturated rings. The molecule has 286 valence electrons. The Labute approximate surface area is 320 Å². The van der Waals surface area contributed by atoms with Crippen molar-refractivity contribution < 1.29 is 19.1 Å². The van der Waals surface area contributed by atoms with Crippen molar-refractivity contribution in [3.05, 3.63) is 90.8 Å². The van der Waals surface area contributed by atoms with Crippen molar-refractivity contribution in [2.24, 2.45) is 30.7 Å². The number of rotatable bonds is 11. The zero-order valence-electron chi connectivity index (χ0n) is 31.8. The molecule has 5 aromatic rings. The Bertz CT molecular complexity index is 2150. The number of nitrogens with zero attached hydrogens (tertiary/aromatic N) is 5. The topological polar surface area (TPSA) is 163 Å². The number of benzene rings is 2. The Morgan fingerprint density at radius 1 is 0.855 bits per heavy atom. The van der Waals surface area contributed by atoms with Crippen LogP contribution < -0.4 is 10.6 Å². The molecule has 3 aliphatic rings. The van der Waals surface area contributed by atoms with Gasteiger partial charge in [-0.25, -0.2) is 19.7 Å². The number of H-pyrrole nitrogens is 2. The van der Waals surface area contributed by atoms with Crippen LogP contribution in [0.15, 0.2) is 73.3 Å². The lowest BCUT2D eigenvalue weighted by Crippen LogP contribution is -2.51. The Balaban J connectivity index is 0.919. The molecule has 2 bridgehead atoms. The standard InChI is InChI=1S/C42H49N9O4/c1-24(2)37(49-42(54)55-4)41(53)51-18-5-6-33(51)38-44-21-31(47-38)27-11-7-25(8-12-27)26-9-13-28(14-10-26)32-22-45-39(48-32)35-29-15-16-30(20-29)36(35)40(52)46-23-34-43-17-19-50(34)3/h7-14,17,19,21-22,24,29-30,33,35-37H,5-6,15-16,18,20,23H2,1-4H3,(H,44,47)(H,45,48)(H,46,52)(H,49,54)/t29-,30+,33-,35+,36+,37?/m0/s1. The summed E-state index contributed by atoms with van der Waals surface area (Å²) in [5.74, 6) is 3.22. The molecule has 0 spiro atoms. The first-order chi connectivity index (χ1) is 26.7. The second-order valence-electron chi connectivity index (χ2n) is 15.6. The van der Waals surface area contributed by atoms with Crippen LogP contribution in [0.25, 0.3) is 33.6 Å². The number of aromatic amines is 2. The van der Waals surface area contributed by atoms with Crippen molar-refractivity contribution in [2.75, 3.05) is 13.7 Å². The van der Waals surface area contributed by atoms with E-state index in [1.165, 1.54) is 7.11 Å². The molecule has 6 atom stereocenters. The summed E-state index contributed by atoms with van der Waals surface area (Å²) >= 11 is 0. The van der Waals surface area contributed by atoms with E-state index in [2.05, 4.69) is 79.1 Å². The van der Waals surface area contributed by atoms with Crippen LogP contribution >= 0.6 is 0 Å². The fourth-order valence-corrected chi connectivity index (χ4v) is 9.10. The summed E-state index contributed by atoms with van der Waals surface area (Å²) < 4.78 is 6.70. The Morgan fingerprint density at radius 3 is 2.09 bits per heavy atom. The summed E-state index contributed by atoms with van der Waals surface area (Å²) in [6.07, 6.45) is 11.7. The summed E-state index contributed by atoms with van der Waals surface area (Å²) in [5, 5.41) is 5.86. The number of hydrogen-bond acceptors (Lipinski definition) is 7. The molecule has 13 heteroatoms. The number of aryl methyl sites for hydroxylation is 1. The minimum atomic E-state index is -0.677. The molecular weight excluding hydrogens is 695 g/mol. The first-order valence-electron chi connectivity index (χ1n) is 19.4. The highest BCUT2D eigenvalue weighted by Crippen LogP contribution is 2.56. The van der Waals surface area contributed by atoms with E-state index in [9.17, 15) is 14.4 Å². The molecule has 4 heterocycles. The minimum absolute atomic E-state index is 0.0855. The highest BCUT2D eigenvalue weighted by atomic mass is 16.5. The zero-order valence-corrected chi connectivity index (χ0v) is 31.8. The molecule has 0 radical (unpaired) electrons. The Kier molecular flexibility index (Phi) is 10.0. The quantitative estimate of drug-likeness (QED) is 0.122. The number of alkyl carbamates (subject to hydrolysis) is 1. The van der Waals surface area contributed by atoms with E-state index < -0.39 is 12.1 Å². The van der Waals surface area contributed by atoms with Gasteiger partial charge in [0.15, 0.2) is 0 Å². The predicted molar refractivity (Wildman–Crippen MR) is 207 cm³/mol. The van der Waals surface area contributed by atoms with Crippen molar-refractivity contribution in [2.45, 2.75) is 70.5 Å². The maximum atomic E-state index is 13.5. The van der Waals surface area contributed by atoms with E-state index >= 15 is 0 Å². The molecule has 1 unspecified atom stereocenters. The van der Waals surface area contributed by atoms with Gasteiger partial charge in [-0.2, -0.15) is 0 Å². The second kappa shape index (κ2) is 15.2. The zero-order chi connectivity index (χ0) is 38.2. The number of ether oxygens (including phenoxy) is 1. The van der Waals surface area contributed by atoms with Gasteiger partial charge in [0.2, 0.25) is 11.8 Å². The van der Waals surface area contributed by atoms with Crippen LogP contribution in [0.4, 0.5) is 4.79 Å². The van der Waals surface area contributed by atoms with E-state index in [0.29, 0.717) is 24.9 Å². The Hall–Kier alpha value is -5.72. The fourth-order valence-electron chi connectivity index (χ4n) is 9.10. The lowest BCUT2D eigenvalue weighted by atomic mass is 9.78. The minimum Gasteiger partial charge on any atom is -0.453 e. The van der Waals surface area contributed by atoms with Gasteiger partial charge in [0.25, 0.3) is 0 Å². The SMILES string of the molecule is COC(=O)NC(C(=O)N1CCC[C@H]1c1ncc(-c2ccc(-c3ccc(-c4cnc([C@@H]5[C@H]6CC[C@H](C6)[C@H]5C(=O)NCc5nccn5C)[nH]4)cc3)cc2)[nH]1)C(C)C. The molecule has 55 heavy (non-hydrogen) atoms. The molecule has 3 aromatic heterocycles. The lowest BCUT2D eigenvalue weighted by molar-refractivity contribution is -0.135. The van der Waals surface area contributed by atoms with Gasteiger partial charge in [-0.1, -0.05) is 62.4 Å². The van der Waals surface area contributed by atoms with Gasteiger partial charge in [0, 0.05) is 31.9 Å². The van der Waals surface area contributed by atoms with Gasteiger partial charge in [0.05, 0.1) is 49.4 Å². The largest absolute Gasteiger partial charge is 0.453 e.